The fourth-order valence-electron chi connectivity index (χ4n) is 1.56. The summed E-state index contributed by atoms with van der Waals surface area (Å²) in [6, 6.07) is 7.47. The lowest BCUT2D eigenvalue weighted by Gasteiger charge is -2.05. The average Bonchev–Trinajstić information content (AvgIpc) is 2.39. The van der Waals surface area contributed by atoms with Gasteiger partial charge in [-0.1, -0.05) is 28.9 Å². The third kappa shape index (κ3) is 3.28. The molecule has 0 radical (unpaired) electrons. The molecule has 92 valence electrons. The fraction of sp³-hybridized carbons (Fsp3) is 0.154. The first-order chi connectivity index (χ1) is 8.79. The molecule has 0 amide bonds. The first kappa shape index (κ1) is 12.5. The standard InChI is InChI=1S/C13H12ClN3O/c1-18-17-13(8-12-9-15-5-6-16-12)10-3-2-4-11(14)7-10/h2-7,9H,8H2,1H3. The number of hydrogen-bond acceptors (Lipinski definition) is 4. The van der Waals surface area contributed by atoms with Gasteiger partial charge in [0.2, 0.25) is 0 Å². The second-order valence-corrected chi connectivity index (χ2v) is 4.04. The highest BCUT2D eigenvalue weighted by Gasteiger charge is 2.07. The van der Waals surface area contributed by atoms with Gasteiger partial charge in [-0.15, -0.1) is 0 Å². The molecule has 0 aliphatic heterocycles. The molecule has 0 bridgehead atoms. The number of nitrogens with zero attached hydrogens (tertiary/aromatic N) is 3. The van der Waals surface area contributed by atoms with Crippen LogP contribution in [0.1, 0.15) is 11.3 Å². The van der Waals surface area contributed by atoms with Crippen molar-refractivity contribution in [2.24, 2.45) is 5.16 Å². The molecule has 0 N–H and O–H groups in total. The zero-order chi connectivity index (χ0) is 12.8. The SMILES string of the molecule is CON=C(Cc1cnccn1)c1cccc(Cl)c1. The molecule has 1 heterocycles. The van der Waals surface area contributed by atoms with Crippen LogP contribution in [-0.2, 0) is 11.3 Å². The maximum absolute atomic E-state index is 5.97. The van der Waals surface area contributed by atoms with Gasteiger partial charge in [0.15, 0.2) is 0 Å². The van der Waals surface area contributed by atoms with Crippen molar-refractivity contribution in [2.75, 3.05) is 7.11 Å². The summed E-state index contributed by atoms with van der Waals surface area (Å²) in [4.78, 5) is 13.1. The van der Waals surface area contributed by atoms with Crippen molar-refractivity contribution in [1.82, 2.24) is 9.97 Å². The van der Waals surface area contributed by atoms with E-state index < -0.39 is 0 Å². The zero-order valence-electron chi connectivity index (χ0n) is 9.88. The van der Waals surface area contributed by atoms with E-state index in [0.29, 0.717) is 11.4 Å². The van der Waals surface area contributed by atoms with Crippen molar-refractivity contribution in [2.45, 2.75) is 6.42 Å². The molecule has 0 saturated heterocycles. The van der Waals surface area contributed by atoms with E-state index in [-0.39, 0.29) is 0 Å². The van der Waals surface area contributed by atoms with E-state index in [1.807, 2.05) is 24.3 Å². The second kappa shape index (κ2) is 6.12. The topological polar surface area (TPSA) is 47.4 Å². The van der Waals surface area contributed by atoms with Gasteiger partial charge in [0, 0.05) is 35.6 Å². The van der Waals surface area contributed by atoms with Gasteiger partial charge >= 0.3 is 0 Å². The summed E-state index contributed by atoms with van der Waals surface area (Å²) in [6.45, 7) is 0. The maximum atomic E-state index is 5.97. The molecular formula is C13H12ClN3O. The summed E-state index contributed by atoms with van der Waals surface area (Å²) in [7, 11) is 1.52. The van der Waals surface area contributed by atoms with Crippen LogP contribution in [0.4, 0.5) is 0 Å². The Morgan fingerprint density at radius 2 is 2.28 bits per heavy atom. The van der Waals surface area contributed by atoms with Gasteiger partial charge in [-0.2, -0.15) is 0 Å². The molecule has 0 aliphatic carbocycles. The van der Waals surface area contributed by atoms with Crippen molar-refractivity contribution in [3.63, 3.8) is 0 Å². The van der Waals surface area contributed by atoms with Crippen LogP contribution in [0.25, 0.3) is 0 Å². The molecule has 5 heteroatoms. The minimum Gasteiger partial charge on any atom is -0.399 e. The first-order valence-corrected chi connectivity index (χ1v) is 5.78. The van der Waals surface area contributed by atoms with E-state index in [2.05, 4.69) is 15.1 Å². The highest BCUT2D eigenvalue weighted by molar-refractivity contribution is 6.31. The molecule has 1 aromatic carbocycles. The maximum Gasteiger partial charge on any atom is 0.106 e. The number of hydrogen-bond donors (Lipinski definition) is 0. The summed E-state index contributed by atoms with van der Waals surface area (Å²) < 4.78 is 0. The summed E-state index contributed by atoms with van der Waals surface area (Å²) >= 11 is 5.97. The third-order valence-electron chi connectivity index (χ3n) is 2.32. The van der Waals surface area contributed by atoms with Gasteiger partial charge in [-0.25, -0.2) is 0 Å². The molecule has 18 heavy (non-hydrogen) atoms. The molecule has 0 spiro atoms. The van der Waals surface area contributed by atoms with Crippen molar-refractivity contribution < 1.29 is 4.84 Å². The molecule has 0 saturated carbocycles. The van der Waals surface area contributed by atoms with Gasteiger partial charge in [0.25, 0.3) is 0 Å². The van der Waals surface area contributed by atoms with Gasteiger partial charge in [0.1, 0.15) is 7.11 Å². The zero-order valence-corrected chi connectivity index (χ0v) is 10.6. The molecular weight excluding hydrogens is 250 g/mol. The first-order valence-electron chi connectivity index (χ1n) is 5.40. The van der Waals surface area contributed by atoms with Gasteiger partial charge in [-0.3, -0.25) is 9.97 Å². The number of oxime groups is 1. The summed E-state index contributed by atoms with van der Waals surface area (Å²) in [5, 5.41) is 4.68. The Kier molecular flexibility index (Phi) is 4.25. The fourth-order valence-corrected chi connectivity index (χ4v) is 1.75. The van der Waals surface area contributed by atoms with Crippen molar-refractivity contribution in [1.29, 1.82) is 0 Å². The lowest BCUT2D eigenvalue weighted by atomic mass is 10.1. The molecule has 0 atom stereocenters. The highest BCUT2D eigenvalue weighted by Crippen LogP contribution is 2.13. The predicted octanol–water partition coefficient (Wildman–Crippen LogP) is 2.72. The summed E-state index contributed by atoms with van der Waals surface area (Å²) in [6.07, 6.45) is 5.53. The highest BCUT2D eigenvalue weighted by atomic mass is 35.5. The monoisotopic (exact) mass is 261 g/mol. The van der Waals surface area contributed by atoms with Gasteiger partial charge in [0.05, 0.1) is 11.4 Å². The second-order valence-electron chi connectivity index (χ2n) is 3.60. The van der Waals surface area contributed by atoms with Crippen LogP contribution < -0.4 is 0 Å². The summed E-state index contributed by atoms with van der Waals surface area (Å²) in [5.74, 6) is 0. The molecule has 1 aromatic heterocycles. The Hall–Kier alpha value is -1.94. The Balaban J connectivity index is 2.27. The Morgan fingerprint density at radius 1 is 1.39 bits per heavy atom. The molecule has 0 unspecified atom stereocenters. The molecule has 0 fully saturated rings. The molecule has 2 aromatic rings. The normalized spacial score (nSPS) is 11.3. The van der Waals surface area contributed by atoms with Crippen LogP contribution in [0.3, 0.4) is 0 Å². The van der Waals surface area contributed by atoms with Gasteiger partial charge < -0.3 is 4.84 Å². The lowest BCUT2D eigenvalue weighted by molar-refractivity contribution is 0.213. The lowest BCUT2D eigenvalue weighted by Crippen LogP contribution is -2.07. The van der Waals surface area contributed by atoms with E-state index in [1.54, 1.807) is 18.6 Å². The third-order valence-corrected chi connectivity index (χ3v) is 2.56. The van der Waals surface area contributed by atoms with Crippen LogP contribution in [0, 0.1) is 0 Å². The molecule has 2 rings (SSSR count). The van der Waals surface area contributed by atoms with Crippen LogP contribution >= 0.6 is 11.6 Å². The van der Waals surface area contributed by atoms with E-state index in [9.17, 15) is 0 Å². The van der Waals surface area contributed by atoms with Crippen molar-refractivity contribution in [3.8, 4) is 0 Å². The minimum absolute atomic E-state index is 0.544. The molecule has 0 aliphatic rings. The van der Waals surface area contributed by atoms with Crippen LogP contribution in [-0.4, -0.2) is 22.8 Å². The van der Waals surface area contributed by atoms with Crippen LogP contribution in [0.15, 0.2) is 48.0 Å². The number of aromatic nitrogens is 2. The number of benzene rings is 1. The van der Waals surface area contributed by atoms with E-state index >= 15 is 0 Å². The average molecular weight is 262 g/mol. The predicted molar refractivity (Wildman–Crippen MR) is 70.7 cm³/mol. The van der Waals surface area contributed by atoms with E-state index in [1.165, 1.54) is 7.11 Å². The number of rotatable bonds is 4. The largest absolute Gasteiger partial charge is 0.399 e. The Morgan fingerprint density at radius 3 is 2.94 bits per heavy atom. The smallest absolute Gasteiger partial charge is 0.106 e. The quantitative estimate of drug-likeness (QED) is 0.628. The Bertz CT molecular complexity index is 543. The van der Waals surface area contributed by atoms with Crippen molar-refractivity contribution >= 4 is 17.3 Å². The van der Waals surface area contributed by atoms with E-state index in [0.717, 1.165) is 17.0 Å². The van der Waals surface area contributed by atoms with Crippen LogP contribution in [0.5, 0.6) is 0 Å². The van der Waals surface area contributed by atoms with Crippen molar-refractivity contribution in [3.05, 3.63) is 59.1 Å². The van der Waals surface area contributed by atoms with Crippen LogP contribution in [0.2, 0.25) is 5.02 Å². The number of halogens is 1. The molecule has 4 nitrogen and oxygen atoms in total. The van der Waals surface area contributed by atoms with Gasteiger partial charge in [-0.05, 0) is 12.1 Å². The van der Waals surface area contributed by atoms with E-state index in [4.69, 9.17) is 16.4 Å². The minimum atomic E-state index is 0.544. The summed E-state index contributed by atoms with van der Waals surface area (Å²) in [5.41, 5.74) is 2.50. The Labute approximate surface area is 110 Å².